The Bertz CT molecular complexity index is 730. The highest BCUT2D eigenvalue weighted by Crippen LogP contribution is 2.25. The number of nitrogens with zero attached hydrogens (tertiary/aromatic N) is 2. The van der Waals surface area contributed by atoms with Gasteiger partial charge in [0.1, 0.15) is 5.76 Å². The summed E-state index contributed by atoms with van der Waals surface area (Å²) in [6.45, 7) is 9.77. The maximum Gasteiger partial charge on any atom is 0.242 e. The highest BCUT2D eigenvalue weighted by molar-refractivity contribution is 5.93. The molecular weight excluding hydrogens is 302 g/mol. The van der Waals surface area contributed by atoms with Gasteiger partial charge in [0.25, 0.3) is 0 Å². The van der Waals surface area contributed by atoms with Crippen molar-refractivity contribution in [3.63, 3.8) is 0 Å². The zero-order valence-electron chi connectivity index (χ0n) is 14.8. The molecule has 1 aromatic heterocycles. The lowest BCUT2D eigenvalue weighted by molar-refractivity contribution is -0.121. The minimum absolute atomic E-state index is 0.0526. The maximum absolute atomic E-state index is 12.5. The number of rotatable bonds is 3. The summed E-state index contributed by atoms with van der Waals surface area (Å²) in [5, 5.41) is 6.83. The molecule has 2 heterocycles. The summed E-state index contributed by atoms with van der Waals surface area (Å²) in [4.78, 5) is 14.7. The Morgan fingerprint density at radius 1 is 1.29 bits per heavy atom. The summed E-state index contributed by atoms with van der Waals surface area (Å²) in [6, 6.07) is 10.0. The number of anilines is 1. The van der Waals surface area contributed by atoms with E-state index < -0.39 is 0 Å². The Kier molecular flexibility index (Phi) is 4.45. The molecule has 0 spiro atoms. The van der Waals surface area contributed by atoms with Gasteiger partial charge >= 0.3 is 0 Å². The van der Waals surface area contributed by atoms with Crippen LogP contribution in [0.3, 0.4) is 0 Å². The Labute approximate surface area is 143 Å². The van der Waals surface area contributed by atoms with Crippen molar-refractivity contribution in [1.29, 1.82) is 0 Å². The minimum atomic E-state index is -0.215. The summed E-state index contributed by atoms with van der Waals surface area (Å²) in [6.07, 6.45) is 0.978. The van der Waals surface area contributed by atoms with E-state index in [0.717, 1.165) is 25.3 Å². The smallest absolute Gasteiger partial charge is 0.242 e. The Morgan fingerprint density at radius 2 is 2.00 bits per heavy atom. The molecule has 1 aliphatic rings. The zero-order chi connectivity index (χ0) is 17.3. The standard InChI is InChI=1S/C19H25N3O2/c1-13(22-10-9-14-7-5-6-8-15(14)12-22)18(23)20-17-11-16(24-21-17)19(2,3)4/h5-8,11,13H,9-10,12H2,1-4H3,(H,20,21,23). The number of aromatic nitrogens is 1. The molecule has 1 amide bonds. The lowest BCUT2D eigenvalue weighted by Crippen LogP contribution is -2.44. The van der Waals surface area contributed by atoms with E-state index in [9.17, 15) is 4.79 Å². The fourth-order valence-corrected chi connectivity index (χ4v) is 2.93. The molecule has 1 unspecified atom stereocenters. The topological polar surface area (TPSA) is 58.4 Å². The van der Waals surface area contributed by atoms with E-state index in [0.29, 0.717) is 5.82 Å². The Hall–Kier alpha value is -2.14. The molecule has 2 aromatic rings. The fourth-order valence-electron chi connectivity index (χ4n) is 2.93. The maximum atomic E-state index is 12.5. The van der Waals surface area contributed by atoms with E-state index in [4.69, 9.17) is 4.52 Å². The van der Waals surface area contributed by atoms with Crippen LogP contribution in [0.5, 0.6) is 0 Å². The van der Waals surface area contributed by atoms with Crippen LogP contribution >= 0.6 is 0 Å². The summed E-state index contributed by atoms with van der Waals surface area (Å²) < 4.78 is 5.32. The molecule has 0 bridgehead atoms. The zero-order valence-corrected chi connectivity index (χ0v) is 14.8. The molecule has 0 radical (unpaired) electrons. The number of nitrogens with one attached hydrogen (secondary N) is 1. The van der Waals surface area contributed by atoms with Crippen molar-refractivity contribution in [2.45, 2.75) is 52.1 Å². The Balaban J connectivity index is 1.64. The minimum Gasteiger partial charge on any atom is -0.359 e. The number of hydrogen-bond donors (Lipinski definition) is 1. The summed E-state index contributed by atoms with van der Waals surface area (Å²) >= 11 is 0. The molecule has 128 valence electrons. The van der Waals surface area contributed by atoms with Crippen molar-refractivity contribution in [2.24, 2.45) is 0 Å². The quantitative estimate of drug-likeness (QED) is 0.939. The van der Waals surface area contributed by atoms with Crippen molar-refractivity contribution in [1.82, 2.24) is 10.1 Å². The van der Waals surface area contributed by atoms with E-state index in [1.807, 2.05) is 27.7 Å². The average Bonchev–Trinajstić information content (AvgIpc) is 3.02. The highest BCUT2D eigenvalue weighted by atomic mass is 16.5. The first-order chi connectivity index (χ1) is 11.3. The highest BCUT2D eigenvalue weighted by Gasteiger charge is 2.26. The largest absolute Gasteiger partial charge is 0.359 e. The summed E-state index contributed by atoms with van der Waals surface area (Å²) in [5.74, 6) is 1.19. The second-order valence-electron chi connectivity index (χ2n) is 7.48. The van der Waals surface area contributed by atoms with Crippen LogP contribution in [0.15, 0.2) is 34.9 Å². The lowest BCUT2D eigenvalue weighted by Gasteiger charge is -2.32. The van der Waals surface area contributed by atoms with Crippen LogP contribution < -0.4 is 5.32 Å². The van der Waals surface area contributed by atoms with E-state index in [-0.39, 0.29) is 17.4 Å². The molecule has 0 saturated carbocycles. The molecular formula is C19H25N3O2. The van der Waals surface area contributed by atoms with Gasteiger partial charge in [-0.05, 0) is 24.5 Å². The van der Waals surface area contributed by atoms with Gasteiger partial charge in [-0.3, -0.25) is 9.69 Å². The predicted molar refractivity (Wildman–Crippen MR) is 93.9 cm³/mol. The van der Waals surface area contributed by atoms with Crippen molar-refractivity contribution < 1.29 is 9.32 Å². The van der Waals surface area contributed by atoms with E-state index in [2.05, 4.69) is 39.6 Å². The molecule has 1 aromatic carbocycles. The number of benzene rings is 1. The number of amides is 1. The third-order valence-corrected chi connectivity index (χ3v) is 4.59. The van der Waals surface area contributed by atoms with E-state index >= 15 is 0 Å². The number of fused-ring (bicyclic) bond motifs is 1. The molecule has 5 heteroatoms. The third kappa shape index (κ3) is 3.51. The van der Waals surface area contributed by atoms with Crippen molar-refractivity contribution >= 4 is 11.7 Å². The van der Waals surface area contributed by atoms with Crippen LogP contribution in [0.25, 0.3) is 0 Å². The third-order valence-electron chi connectivity index (χ3n) is 4.59. The SMILES string of the molecule is CC(C(=O)Nc1cc(C(C)(C)C)on1)N1CCc2ccccc2C1. The van der Waals surface area contributed by atoms with Gasteiger partial charge < -0.3 is 9.84 Å². The lowest BCUT2D eigenvalue weighted by atomic mass is 9.93. The summed E-state index contributed by atoms with van der Waals surface area (Å²) in [5.41, 5.74) is 2.56. The first-order valence-electron chi connectivity index (χ1n) is 8.43. The van der Waals surface area contributed by atoms with E-state index in [1.54, 1.807) is 6.07 Å². The first kappa shape index (κ1) is 16.7. The fraction of sp³-hybridized carbons (Fsp3) is 0.474. The van der Waals surface area contributed by atoms with Crippen LogP contribution in [-0.4, -0.2) is 28.6 Å². The summed E-state index contributed by atoms with van der Waals surface area (Å²) in [7, 11) is 0. The predicted octanol–water partition coefficient (Wildman–Crippen LogP) is 3.36. The van der Waals surface area contributed by atoms with Gasteiger partial charge in [0.05, 0.1) is 6.04 Å². The van der Waals surface area contributed by atoms with Gasteiger partial charge in [0.2, 0.25) is 5.91 Å². The molecule has 1 atom stereocenters. The van der Waals surface area contributed by atoms with Crippen molar-refractivity contribution in [3.8, 4) is 0 Å². The molecule has 0 fully saturated rings. The number of hydrogen-bond acceptors (Lipinski definition) is 4. The molecule has 5 nitrogen and oxygen atoms in total. The first-order valence-corrected chi connectivity index (χ1v) is 8.43. The molecule has 1 N–H and O–H groups in total. The van der Waals surface area contributed by atoms with Crippen LogP contribution in [0.4, 0.5) is 5.82 Å². The van der Waals surface area contributed by atoms with Crippen LogP contribution in [-0.2, 0) is 23.2 Å². The second kappa shape index (κ2) is 6.40. The molecule has 0 aliphatic carbocycles. The number of carbonyl (C=O) groups is 1. The molecule has 0 saturated heterocycles. The van der Waals surface area contributed by atoms with Gasteiger partial charge in [-0.2, -0.15) is 0 Å². The van der Waals surface area contributed by atoms with Gasteiger partial charge in [0.15, 0.2) is 5.82 Å². The monoisotopic (exact) mass is 327 g/mol. The number of carbonyl (C=O) groups excluding carboxylic acids is 1. The molecule has 3 rings (SSSR count). The van der Waals surface area contributed by atoms with Gasteiger partial charge in [-0.1, -0.05) is 50.2 Å². The average molecular weight is 327 g/mol. The van der Waals surface area contributed by atoms with Gasteiger partial charge in [0, 0.05) is 24.6 Å². The second-order valence-corrected chi connectivity index (χ2v) is 7.48. The van der Waals surface area contributed by atoms with Crippen LogP contribution in [0.2, 0.25) is 0 Å². The van der Waals surface area contributed by atoms with Crippen LogP contribution in [0, 0.1) is 0 Å². The van der Waals surface area contributed by atoms with Gasteiger partial charge in [-0.15, -0.1) is 0 Å². The van der Waals surface area contributed by atoms with Crippen molar-refractivity contribution in [3.05, 3.63) is 47.2 Å². The Morgan fingerprint density at radius 3 is 2.67 bits per heavy atom. The van der Waals surface area contributed by atoms with Gasteiger partial charge in [-0.25, -0.2) is 0 Å². The van der Waals surface area contributed by atoms with E-state index in [1.165, 1.54) is 11.1 Å². The molecule has 24 heavy (non-hydrogen) atoms. The normalized spacial score (nSPS) is 16.5. The molecule has 1 aliphatic heterocycles. The van der Waals surface area contributed by atoms with Crippen LogP contribution in [0.1, 0.15) is 44.6 Å². The van der Waals surface area contributed by atoms with Crippen molar-refractivity contribution in [2.75, 3.05) is 11.9 Å².